The molecular weight excluding hydrogens is 1020 g/mol. The van der Waals surface area contributed by atoms with Crippen LogP contribution in [0, 0.1) is 10.8 Å². The van der Waals surface area contributed by atoms with Crippen LogP contribution in [0.2, 0.25) is 20.1 Å². The number of aliphatic carboxylic acids is 2. The van der Waals surface area contributed by atoms with Crippen LogP contribution >= 0.6 is 58.2 Å². The predicted octanol–water partition coefficient (Wildman–Crippen LogP) is 10.0. The van der Waals surface area contributed by atoms with Crippen LogP contribution < -0.4 is 21.3 Å². The summed E-state index contributed by atoms with van der Waals surface area (Å²) in [5.74, 6) is -3.01. The molecule has 20 heteroatoms. The number of carboxylic acids is 2. The average Bonchev–Trinajstić information content (AvgIpc) is 4.00. The normalized spacial score (nSPS) is 15.6. The molecule has 70 heavy (non-hydrogen) atoms. The van der Waals surface area contributed by atoms with Crippen LogP contribution in [0.25, 0.3) is 0 Å². The third-order valence-corrected chi connectivity index (χ3v) is 15.5. The highest BCUT2D eigenvalue weighted by Gasteiger charge is 2.43. The number of carboxylic acid groups (broad SMARTS) is 2. The molecule has 6 N–H and O–H groups in total. The minimum absolute atomic E-state index is 0.0216. The summed E-state index contributed by atoms with van der Waals surface area (Å²) in [4.78, 5) is 75.1. The first-order valence-corrected chi connectivity index (χ1v) is 27.6. The average molecular weight is 1080 g/mol. The Labute approximate surface area is 432 Å². The third-order valence-electron chi connectivity index (χ3n) is 12.7. The SMILES string of the molecule is CS(=O)(=O)CCC1(C(=O)N[C@@H](Cc2ccc(NC(=O)c3c(Cl)cccc3Cl)cc2)C(=O)O)CCCC1.CSCCC1(C(=O)N[C@@H](Cc2ccc(NC(=O)c3c(Cl)cccc3Cl)cc2)C(=O)O)CCCC1. The number of halogens is 4. The zero-order valence-corrected chi connectivity index (χ0v) is 43.3. The second-order valence-corrected chi connectivity index (χ2v) is 22.6. The lowest BCUT2D eigenvalue weighted by atomic mass is 9.82. The predicted molar refractivity (Wildman–Crippen MR) is 277 cm³/mol. The van der Waals surface area contributed by atoms with E-state index in [0.717, 1.165) is 62.5 Å². The van der Waals surface area contributed by atoms with Crippen LogP contribution in [0.3, 0.4) is 0 Å². The Balaban J connectivity index is 0.000000261. The number of hydrogen-bond donors (Lipinski definition) is 6. The highest BCUT2D eigenvalue weighted by atomic mass is 35.5. The van der Waals surface area contributed by atoms with Crippen molar-refractivity contribution < 1.29 is 47.4 Å². The number of benzene rings is 4. The molecule has 14 nitrogen and oxygen atoms in total. The van der Waals surface area contributed by atoms with Gasteiger partial charge in [0.15, 0.2) is 0 Å². The highest BCUT2D eigenvalue weighted by molar-refractivity contribution is 7.98. The number of sulfone groups is 1. The summed E-state index contributed by atoms with van der Waals surface area (Å²) in [6, 6.07) is 20.7. The molecule has 2 fully saturated rings. The number of rotatable bonds is 20. The van der Waals surface area contributed by atoms with Gasteiger partial charge in [0.05, 0.1) is 42.4 Å². The van der Waals surface area contributed by atoms with Crippen LogP contribution in [0.15, 0.2) is 84.9 Å². The molecule has 0 spiro atoms. The zero-order valence-electron chi connectivity index (χ0n) is 38.6. The van der Waals surface area contributed by atoms with Gasteiger partial charge in [0, 0.05) is 35.9 Å². The van der Waals surface area contributed by atoms with Crippen molar-refractivity contribution in [2.24, 2.45) is 10.8 Å². The van der Waals surface area contributed by atoms with Crippen molar-refractivity contribution in [3.05, 3.63) is 127 Å². The monoisotopic (exact) mass is 1080 g/mol. The molecule has 0 aliphatic heterocycles. The summed E-state index contributed by atoms with van der Waals surface area (Å²) < 4.78 is 23.3. The first kappa shape index (κ1) is 56.1. The van der Waals surface area contributed by atoms with Crippen molar-refractivity contribution in [2.75, 3.05) is 34.7 Å². The fourth-order valence-electron chi connectivity index (χ4n) is 8.72. The van der Waals surface area contributed by atoms with Crippen LogP contribution in [-0.2, 0) is 41.9 Å². The topological polar surface area (TPSA) is 225 Å². The fraction of sp³-hybridized carbons (Fsp3) is 0.400. The summed E-state index contributed by atoms with van der Waals surface area (Å²) in [6.45, 7) is 0. The molecule has 0 heterocycles. The van der Waals surface area contributed by atoms with Gasteiger partial charge in [-0.1, -0.05) is 108 Å². The summed E-state index contributed by atoms with van der Waals surface area (Å²) >= 11 is 26.0. The molecule has 0 radical (unpaired) electrons. The van der Waals surface area contributed by atoms with Crippen molar-refractivity contribution in [3.63, 3.8) is 0 Å². The number of carbonyl (C=O) groups is 6. The van der Waals surface area contributed by atoms with Gasteiger partial charge in [-0.05, 0) is 110 Å². The minimum atomic E-state index is -3.25. The van der Waals surface area contributed by atoms with E-state index < -0.39 is 62.4 Å². The second-order valence-electron chi connectivity index (χ2n) is 17.7. The Morgan fingerprint density at radius 3 is 1.24 bits per heavy atom. The molecule has 2 aliphatic carbocycles. The van der Waals surface area contributed by atoms with E-state index in [2.05, 4.69) is 21.3 Å². The lowest BCUT2D eigenvalue weighted by molar-refractivity contribution is -0.144. The molecule has 4 amide bonds. The Kier molecular flexibility index (Phi) is 20.4. The van der Waals surface area contributed by atoms with Crippen molar-refractivity contribution in [1.82, 2.24) is 10.6 Å². The first-order valence-electron chi connectivity index (χ1n) is 22.6. The van der Waals surface area contributed by atoms with E-state index >= 15 is 0 Å². The molecule has 2 saturated carbocycles. The highest BCUT2D eigenvalue weighted by Crippen LogP contribution is 2.43. The number of anilines is 2. The first-order chi connectivity index (χ1) is 33.2. The van der Waals surface area contributed by atoms with Gasteiger partial charge in [0.25, 0.3) is 11.8 Å². The van der Waals surface area contributed by atoms with Gasteiger partial charge in [-0.15, -0.1) is 0 Å². The fourth-order valence-corrected chi connectivity index (χ4v) is 11.2. The molecule has 2 aliphatic rings. The van der Waals surface area contributed by atoms with E-state index in [0.29, 0.717) is 29.8 Å². The molecular formula is C50H56Cl4N4O10S2. The van der Waals surface area contributed by atoms with Crippen molar-refractivity contribution >= 4 is 115 Å². The van der Waals surface area contributed by atoms with Gasteiger partial charge >= 0.3 is 11.9 Å². The number of nitrogens with one attached hydrogen (secondary N) is 4. The number of hydrogen-bond acceptors (Lipinski definition) is 9. The van der Waals surface area contributed by atoms with Gasteiger partial charge in [0.1, 0.15) is 21.9 Å². The van der Waals surface area contributed by atoms with Crippen molar-refractivity contribution in [1.29, 1.82) is 0 Å². The van der Waals surface area contributed by atoms with E-state index in [1.807, 2.05) is 6.26 Å². The molecule has 0 unspecified atom stereocenters. The lowest BCUT2D eigenvalue weighted by Gasteiger charge is -2.29. The Morgan fingerprint density at radius 1 is 0.586 bits per heavy atom. The van der Waals surface area contributed by atoms with Crippen molar-refractivity contribution in [3.8, 4) is 0 Å². The van der Waals surface area contributed by atoms with Crippen LogP contribution in [-0.4, -0.2) is 90.3 Å². The number of carbonyl (C=O) groups excluding carboxylic acids is 4. The molecule has 376 valence electrons. The van der Waals surface area contributed by atoms with Gasteiger partial charge in [-0.3, -0.25) is 19.2 Å². The third kappa shape index (κ3) is 15.6. The Hall–Kier alpha value is -4.84. The van der Waals surface area contributed by atoms with E-state index in [4.69, 9.17) is 46.4 Å². The maximum atomic E-state index is 13.1. The molecule has 4 aromatic carbocycles. The summed E-state index contributed by atoms with van der Waals surface area (Å²) in [5.41, 5.74) is 1.33. The number of amides is 4. The largest absolute Gasteiger partial charge is 0.480 e. The minimum Gasteiger partial charge on any atom is -0.480 e. The molecule has 0 aromatic heterocycles. The lowest BCUT2D eigenvalue weighted by Crippen LogP contribution is -2.49. The quantitative estimate of drug-likeness (QED) is 0.0488. The van der Waals surface area contributed by atoms with E-state index in [-0.39, 0.29) is 62.1 Å². The molecule has 4 aromatic rings. The van der Waals surface area contributed by atoms with Crippen LogP contribution in [0.4, 0.5) is 11.4 Å². The van der Waals surface area contributed by atoms with Gasteiger partial charge in [-0.25, -0.2) is 18.0 Å². The van der Waals surface area contributed by atoms with E-state index in [9.17, 15) is 47.4 Å². The maximum Gasteiger partial charge on any atom is 0.326 e. The van der Waals surface area contributed by atoms with Crippen molar-refractivity contribution in [2.45, 2.75) is 89.1 Å². The smallest absolute Gasteiger partial charge is 0.326 e. The number of thioether (sulfide) groups is 1. The van der Waals surface area contributed by atoms with E-state index in [1.165, 1.54) is 0 Å². The van der Waals surface area contributed by atoms with E-state index in [1.54, 1.807) is 96.7 Å². The molecule has 0 bridgehead atoms. The van der Waals surface area contributed by atoms with Gasteiger partial charge in [-0.2, -0.15) is 11.8 Å². The van der Waals surface area contributed by atoms with Crippen LogP contribution in [0.1, 0.15) is 96.1 Å². The summed E-state index contributed by atoms with van der Waals surface area (Å²) in [6.07, 6.45) is 10.5. The van der Waals surface area contributed by atoms with Gasteiger partial charge < -0.3 is 31.5 Å². The molecule has 2 atom stereocenters. The Morgan fingerprint density at radius 2 is 0.929 bits per heavy atom. The standard InChI is InChI=1S/C25H28Cl2N2O6S.C25H28Cl2N2O4S/c1-36(34,35)14-13-25(11-2-3-12-25)24(33)29-20(23(31)32)15-16-7-9-17(10-8-16)28-22(30)21-18(26)5-4-6-19(21)27;1-34-14-13-25(11-2-3-12-25)24(33)29-20(23(31)32)15-16-7-9-17(10-8-16)28-22(30)21-18(26)5-4-6-19(21)27/h4-10,20H,2-3,11-15H2,1H3,(H,28,30)(H,29,33)(H,31,32);4-10,20H,2-3,11-15H2,1H3,(H,28,30)(H,29,33)(H,31,32)/t2*20-/m00/s1. The van der Waals surface area contributed by atoms with Gasteiger partial charge in [0.2, 0.25) is 11.8 Å². The second kappa shape index (κ2) is 25.5. The molecule has 0 saturated heterocycles. The summed E-state index contributed by atoms with van der Waals surface area (Å²) in [7, 11) is -3.25. The summed E-state index contributed by atoms with van der Waals surface area (Å²) in [5, 5.41) is 31.3. The Bertz CT molecular complexity index is 2600. The van der Waals surface area contributed by atoms with Crippen LogP contribution in [0.5, 0.6) is 0 Å². The maximum absolute atomic E-state index is 13.1. The molecule has 6 rings (SSSR count). The zero-order chi connectivity index (χ0) is 51.2.